The fraction of sp³-hybridized carbons (Fsp3) is 0.267. The lowest BCUT2D eigenvalue weighted by atomic mass is 9.98. The number of hydrogen-bond donors (Lipinski definition) is 1. The largest absolute Gasteiger partial charge is 0.456 e. The third kappa shape index (κ3) is 2.80. The molecule has 18 heavy (non-hydrogen) atoms. The van der Waals surface area contributed by atoms with Crippen molar-refractivity contribution in [1.82, 2.24) is 4.98 Å². The lowest BCUT2D eigenvalue weighted by molar-refractivity contribution is 0.479. The number of anilines is 1. The van der Waals surface area contributed by atoms with Crippen LogP contribution in [0.3, 0.4) is 0 Å². The second-order valence-corrected chi connectivity index (χ2v) is 4.69. The highest BCUT2D eigenvalue weighted by Crippen LogP contribution is 2.26. The van der Waals surface area contributed by atoms with E-state index in [-0.39, 0.29) is 0 Å². The Kier molecular flexibility index (Phi) is 3.51. The van der Waals surface area contributed by atoms with Crippen molar-refractivity contribution in [3.05, 3.63) is 47.7 Å². The monoisotopic (exact) mass is 242 g/mol. The molecule has 2 N–H and O–H groups in total. The average molecular weight is 242 g/mol. The number of pyridine rings is 1. The fourth-order valence-corrected chi connectivity index (χ4v) is 1.95. The Bertz CT molecular complexity index is 533. The summed E-state index contributed by atoms with van der Waals surface area (Å²) in [5, 5.41) is 0. The molecule has 0 fully saturated rings. The van der Waals surface area contributed by atoms with Gasteiger partial charge in [-0.3, -0.25) is 0 Å². The standard InChI is InChI=1S/C15H18N2O/c1-10(2)14-6-4-12(8-11(14)3)18-13-5-7-15(16)17-9-13/h4-10H,1-3H3,(H2,16,17). The molecule has 3 nitrogen and oxygen atoms in total. The molecule has 2 aromatic rings. The van der Waals surface area contributed by atoms with E-state index in [1.54, 1.807) is 12.3 Å². The summed E-state index contributed by atoms with van der Waals surface area (Å²) in [5.41, 5.74) is 8.12. The van der Waals surface area contributed by atoms with E-state index in [1.807, 2.05) is 18.2 Å². The Hall–Kier alpha value is -2.03. The van der Waals surface area contributed by atoms with E-state index >= 15 is 0 Å². The molecule has 1 aromatic carbocycles. The van der Waals surface area contributed by atoms with E-state index in [4.69, 9.17) is 10.5 Å². The Labute approximate surface area is 108 Å². The van der Waals surface area contributed by atoms with Crippen LogP contribution >= 0.6 is 0 Å². The summed E-state index contributed by atoms with van der Waals surface area (Å²) in [7, 11) is 0. The maximum atomic E-state index is 5.73. The molecule has 0 unspecified atom stereocenters. The first-order valence-electron chi connectivity index (χ1n) is 6.06. The van der Waals surface area contributed by atoms with Crippen LogP contribution in [0, 0.1) is 6.92 Å². The van der Waals surface area contributed by atoms with Crippen LogP contribution in [0.4, 0.5) is 5.82 Å². The molecule has 3 heteroatoms. The first kappa shape index (κ1) is 12.4. The minimum absolute atomic E-state index is 0.494. The zero-order chi connectivity index (χ0) is 13.1. The lowest BCUT2D eigenvalue weighted by Gasteiger charge is -2.12. The second-order valence-electron chi connectivity index (χ2n) is 4.69. The van der Waals surface area contributed by atoms with Crippen LogP contribution in [0.2, 0.25) is 0 Å². The summed E-state index contributed by atoms with van der Waals surface area (Å²) in [6.45, 7) is 6.48. The predicted octanol–water partition coefficient (Wildman–Crippen LogP) is 3.89. The Balaban J connectivity index is 2.20. The SMILES string of the molecule is Cc1cc(Oc2ccc(N)nc2)ccc1C(C)C. The summed E-state index contributed by atoms with van der Waals surface area (Å²) in [4.78, 5) is 4.00. The van der Waals surface area contributed by atoms with Crippen molar-refractivity contribution in [2.24, 2.45) is 0 Å². The van der Waals surface area contributed by atoms with Crippen LogP contribution in [-0.2, 0) is 0 Å². The van der Waals surface area contributed by atoms with Gasteiger partial charge in [-0.15, -0.1) is 0 Å². The van der Waals surface area contributed by atoms with E-state index in [2.05, 4.69) is 31.8 Å². The molecule has 0 aliphatic rings. The van der Waals surface area contributed by atoms with Crippen molar-refractivity contribution in [1.29, 1.82) is 0 Å². The highest BCUT2D eigenvalue weighted by Gasteiger charge is 2.05. The number of aryl methyl sites for hydroxylation is 1. The molecule has 0 radical (unpaired) electrons. The Morgan fingerprint density at radius 1 is 1.11 bits per heavy atom. The lowest BCUT2D eigenvalue weighted by Crippen LogP contribution is -1.94. The summed E-state index contributed by atoms with van der Waals surface area (Å²) in [6, 6.07) is 9.68. The maximum Gasteiger partial charge on any atom is 0.145 e. The molecule has 0 aliphatic heterocycles. The van der Waals surface area contributed by atoms with Crippen molar-refractivity contribution < 1.29 is 4.74 Å². The molecule has 1 aromatic heterocycles. The van der Waals surface area contributed by atoms with Gasteiger partial charge in [0, 0.05) is 0 Å². The molecule has 0 atom stereocenters. The minimum atomic E-state index is 0.494. The first-order valence-corrected chi connectivity index (χ1v) is 6.06. The molecule has 94 valence electrons. The highest BCUT2D eigenvalue weighted by molar-refractivity contribution is 5.40. The van der Waals surface area contributed by atoms with Crippen molar-refractivity contribution >= 4 is 5.82 Å². The molecule has 0 saturated heterocycles. The molecule has 2 rings (SSSR count). The maximum absolute atomic E-state index is 5.73. The third-order valence-electron chi connectivity index (χ3n) is 2.86. The van der Waals surface area contributed by atoms with E-state index in [1.165, 1.54) is 11.1 Å². The van der Waals surface area contributed by atoms with Gasteiger partial charge in [-0.2, -0.15) is 0 Å². The summed E-state index contributed by atoms with van der Waals surface area (Å²) < 4.78 is 5.73. The zero-order valence-corrected chi connectivity index (χ0v) is 11.0. The number of aromatic nitrogens is 1. The summed E-state index contributed by atoms with van der Waals surface area (Å²) >= 11 is 0. The Morgan fingerprint density at radius 3 is 2.39 bits per heavy atom. The van der Waals surface area contributed by atoms with Gasteiger partial charge in [-0.25, -0.2) is 4.98 Å². The average Bonchev–Trinajstić information content (AvgIpc) is 2.32. The first-order chi connectivity index (χ1) is 8.56. The minimum Gasteiger partial charge on any atom is -0.456 e. The van der Waals surface area contributed by atoms with Crippen LogP contribution in [0.25, 0.3) is 0 Å². The van der Waals surface area contributed by atoms with Gasteiger partial charge in [-0.05, 0) is 48.2 Å². The van der Waals surface area contributed by atoms with Crippen molar-refractivity contribution in [2.75, 3.05) is 5.73 Å². The van der Waals surface area contributed by atoms with Crippen LogP contribution in [-0.4, -0.2) is 4.98 Å². The number of hydrogen-bond acceptors (Lipinski definition) is 3. The Morgan fingerprint density at radius 2 is 1.83 bits per heavy atom. The molecule has 0 saturated carbocycles. The molecule has 0 spiro atoms. The van der Waals surface area contributed by atoms with Crippen LogP contribution in [0.15, 0.2) is 36.5 Å². The van der Waals surface area contributed by atoms with E-state index in [9.17, 15) is 0 Å². The van der Waals surface area contributed by atoms with Gasteiger partial charge in [0.1, 0.15) is 17.3 Å². The van der Waals surface area contributed by atoms with Gasteiger partial charge in [-0.1, -0.05) is 19.9 Å². The number of ether oxygens (including phenoxy) is 1. The number of rotatable bonds is 3. The van der Waals surface area contributed by atoms with Gasteiger partial charge in [0.2, 0.25) is 0 Å². The molecular formula is C15H18N2O. The van der Waals surface area contributed by atoms with Crippen molar-refractivity contribution in [3.63, 3.8) is 0 Å². The van der Waals surface area contributed by atoms with E-state index in [0.717, 1.165) is 5.75 Å². The predicted molar refractivity (Wildman–Crippen MR) is 74.0 cm³/mol. The van der Waals surface area contributed by atoms with E-state index in [0.29, 0.717) is 17.5 Å². The number of nitrogens with two attached hydrogens (primary N) is 1. The molecule has 0 amide bonds. The van der Waals surface area contributed by atoms with Gasteiger partial charge >= 0.3 is 0 Å². The molecular weight excluding hydrogens is 224 g/mol. The van der Waals surface area contributed by atoms with Gasteiger partial charge in [0.15, 0.2) is 0 Å². The van der Waals surface area contributed by atoms with E-state index < -0.39 is 0 Å². The van der Waals surface area contributed by atoms with Gasteiger partial charge < -0.3 is 10.5 Å². The number of nitrogen functional groups attached to an aromatic ring is 1. The summed E-state index contributed by atoms with van der Waals surface area (Å²) in [6.07, 6.45) is 1.63. The van der Waals surface area contributed by atoms with Gasteiger partial charge in [0.25, 0.3) is 0 Å². The quantitative estimate of drug-likeness (QED) is 0.888. The van der Waals surface area contributed by atoms with Crippen LogP contribution in [0.1, 0.15) is 30.9 Å². The normalized spacial score (nSPS) is 10.7. The smallest absolute Gasteiger partial charge is 0.145 e. The second kappa shape index (κ2) is 5.08. The highest BCUT2D eigenvalue weighted by atomic mass is 16.5. The topological polar surface area (TPSA) is 48.1 Å². The van der Waals surface area contributed by atoms with Crippen molar-refractivity contribution in [3.8, 4) is 11.5 Å². The zero-order valence-electron chi connectivity index (χ0n) is 11.0. The fourth-order valence-electron chi connectivity index (χ4n) is 1.95. The molecule has 0 bridgehead atoms. The van der Waals surface area contributed by atoms with Gasteiger partial charge in [0.05, 0.1) is 6.20 Å². The number of benzene rings is 1. The number of nitrogens with zero attached hydrogens (tertiary/aromatic N) is 1. The molecule has 0 aliphatic carbocycles. The van der Waals surface area contributed by atoms with Crippen LogP contribution < -0.4 is 10.5 Å². The van der Waals surface area contributed by atoms with Crippen LogP contribution in [0.5, 0.6) is 11.5 Å². The summed E-state index contributed by atoms with van der Waals surface area (Å²) in [5.74, 6) is 2.54. The third-order valence-corrected chi connectivity index (χ3v) is 2.86. The molecule has 1 heterocycles. The van der Waals surface area contributed by atoms with Crippen molar-refractivity contribution in [2.45, 2.75) is 26.7 Å².